The summed E-state index contributed by atoms with van der Waals surface area (Å²) in [5.41, 5.74) is -0.506. The van der Waals surface area contributed by atoms with Crippen molar-refractivity contribution in [1.29, 1.82) is 0 Å². The minimum absolute atomic E-state index is 0.0765. The van der Waals surface area contributed by atoms with Gasteiger partial charge >= 0.3 is 23.8 Å². The highest BCUT2D eigenvalue weighted by Gasteiger charge is 2.74. The zero-order valence-electron chi connectivity index (χ0n) is 22.7. The van der Waals surface area contributed by atoms with Gasteiger partial charge in [-0.15, -0.1) is 0 Å². The summed E-state index contributed by atoms with van der Waals surface area (Å²) in [4.78, 5) is 37.4. The summed E-state index contributed by atoms with van der Waals surface area (Å²) in [7, 11) is 1.29. The molecule has 17 nitrogen and oxygen atoms in total. The number of nitrogens with zero attached hydrogens (tertiary/aromatic N) is 2. The zero-order valence-corrected chi connectivity index (χ0v) is 22.7. The van der Waals surface area contributed by atoms with Crippen LogP contribution in [0.5, 0.6) is 0 Å². The summed E-state index contributed by atoms with van der Waals surface area (Å²) < 4.78 is 3.87. The van der Waals surface area contributed by atoms with E-state index in [1.165, 1.54) is 31.3 Å². The monoisotopic (exact) mass is 608 g/mol. The highest BCUT2D eigenvalue weighted by molar-refractivity contribution is 6.03. The average molecular weight is 609 g/mol. The van der Waals surface area contributed by atoms with Crippen LogP contribution >= 0.6 is 0 Å². The first-order valence-corrected chi connectivity index (χ1v) is 12.8. The molecule has 0 radical (unpaired) electrons. The maximum Gasteiger partial charge on any atom is 0.356 e. The van der Waals surface area contributed by atoms with Gasteiger partial charge in [0.1, 0.15) is 6.29 Å². The van der Waals surface area contributed by atoms with Crippen molar-refractivity contribution < 1.29 is 65.1 Å². The highest BCUT2D eigenvalue weighted by Crippen LogP contribution is 2.42. The zero-order chi connectivity index (χ0) is 32.0. The number of aliphatic hydroxyl groups is 9. The van der Waals surface area contributed by atoms with E-state index in [1.807, 2.05) is 0 Å². The van der Waals surface area contributed by atoms with Gasteiger partial charge in [-0.2, -0.15) is 4.90 Å². The molecule has 4 rings (SSSR count). The molecule has 1 fully saturated rings. The predicted octanol–water partition coefficient (Wildman–Crippen LogP) is -3.95. The molecule has 1 saturated heterocycles. The van der Waals surface area contributed by atoms with Crippen LogP contribution in [-0.2, 0) is 34.0 Å². The van der Waals surface area contributed by atoms with Crippen LogP contribution in [-0.4, -0.2) is 110 Å². The Morgan fingerprint density at radius 2 is 1.60 bits per heavy atom. The van der Waals surface area contributed by atoms with E-state index in [-0.39, 0.29) is 42.0 Å². The smallest absolute Gasteiger partial charge is 0.356 e. The lowest BCUT2D eigenvalue weighted by Gasteiger charge is -2.55. The van der Waals surface area contributed by atoms with Gasteiger partial charge in [0.15, 0.2) is 0 Å². The number of rotatable bonds is 10. The molecule has 0 bridgehead atoms. The SMILES string of the molecule is CNC(=O)C(O)(CCC=O)N1Cc2c(NCc3cccc(CN4C(O)(O)C(O)(O)OC(O)(O)C4(O)O)c3)cccc2C1=O. The lowest BCUT2D eigenvalue weighted by molar-refractivity contribution is -0.659. The molecule has 0 aromatic heterocycles. The summed E-state index contributed by atoms with van der Waals surface area (Å²) in [5, 5.41) is 96.6. The van der Waals surface area contributed by atoms with Gasteiger partial charge in [0.05, 0.1) is 6.54 Å². The van der Waals surface area contributed by atoms with Crippen LogP contribution in [0.15, 0.2) is 42.5 Å². The van der Waals surface area contributed by atoms with Crippen molar-refractivity contribution in [2.45, 2.75) is 62.0 Å². The molecule has 2 amide bonds. The number of amides is 2. The van der Waals surface area contributed by atoms with E-state index in [9.17, 15) is 60.3 Å². The summed E-state index contributed by atoms with van der Waals surface area (Å²) in [6, 6.07) is 10.7. The van der Waals surface area contributed by atoms with Crippen LogP contribution in [0, 0.1) is 0 Å². The van der Waals surface area contributed by atoms with E-state index >= 15 is 0 Å². The third-order valence-corrected chi connectivity index (χ3v) is 7.34. The number of carbonyl (C=O) groups excluding carboxylic acids is 3. The number of hydrogen-bond donors (Lipinski definition) is 11. The number of morpholine rings is 1. The van der Waals surface area contributed by atoms with E-state index in [4.69, 9.17) is 0 Å². The number of anilines is 1. The second-order valence-electron chi connectivity index (χ2n) is 10.2. The molecule has 0 saturated carbocycles. The first kappa shape index (κ1) is 32.3. The molecular formula is C26H32N4O13. The van der Waals surface area contributed by atoms with E-state index in [1.54, 1.807) is 18.2 Å². The summed E-state index contributed by atoms with van der Waals surface area (Å²) in [6.45, 7) is -0.964. The number of fused-ring (bicyclic) bond motifs is 1. The molecule has 0 aliphatic carbocycles. The van der Waals surface area contributed by atoms with Crippen LogP contribution in [0.3, 0.4) is 0 Å². The van der Waals surface area contributed by atoms with Crippen LogP contribution in [0.4, 0.5) is 5.69 Å². The third kappa shape index (κ3) is 5.48. The van der Waals surface area contributed by atoms with Crippen molar-refractivity contribution in [1.82, 2.24) is 15.1 Å². The van der Waals surface area contributed by atoms with Gasteiger partial charge < -0.3 is 61.4 Å². The van der Waals surface area contributed by atoms with Gasteiger partial charge in [0, 0.05) is 49.8 Å². The van der Waals surface area contributed by atoms with Crippen LogP contribution in [0.25, 0.3) is 0 Å². The predicted molar refractivity (Wildman–Crippen MR) is 140 cm³/mol. The number of carbonyl (C=O) groups is 3. The summed E-state index contributed by atoms with van der Waals surface area (Å²) in [5.74, 6) is -17.5. The molecule has 2 aromatic rings. The normalized spacial score (nSPS) is 21.5. The summed E-state index contributed by atoms with van der Waals surface area (Å²) in [6.07, 6.45) is 0.0340. The molecule has 2 aliphatic rings. The van der Waals surface area contributed by atoms with Gasteiger partial charge in [-0.3, -0.25) is 19.2 Å². The molecule has 43 heavy (non-hydrogen) atoms. The van der Waals surface area contributed by atoms with Crippen molar-refractivity contribution in [2.75, 3.05) is 12.4 Å². The van der Waals surface area contributed by atoms with Gasteiger partial charge in [0.2, 0.25) is 5.72 Å². The lowest BCUT2D eigenvalue weighted by atomic mass is 10.0. The molecular weight excluding hydrogens is 576 g/mol. The van der Waals surface area contributed by atoms with Crippen molar-refractivity contribution in [3.63, 3.8) is 0 Å². The van der Waals surface area contributed by atoms with Crippen LogP contribution < -0.4 is 10.6 Å². The first-order valence-electron chi connectivity index (χ1n) is 12.8. The molecule has 2 heterocycles. The third-order valence-electron chi connectivity index (χ3n) is 7.34. The van der Waals surface area contributed by atoms with Gasteiger partial charge in [0.25, 0.3) is 11.8 Å². The Morgan fingerprint density at radius 3 is 2.21 bits per heavy atom. The second-order valence-corrected chi connectivity index (χ2v) is 10.2. The Kier molecular flexibility index (Phi) is 8.39. The van der Waals surface area contributed by atoms with Gasteiger partial charge in [-0.05, 0) is 23.3 Å². The number of benzene rings is 2. The van der Waals surface area contributed by atoms with E-state index in [2.05, 4.69) is 15.4 Å². The molecule has 2 aromatic carbocycles. The Morgan fingerprint density at radius 1 is 1.00 bits per heavy atom. The molecule has 0 spiro atoms. The Balaban J connectivity index is 1.55. The van der Waals surface area contributed by atoms with E-state index < -0.39 is 47.9 Å². The molecule has 11 N–H and O–H groups in total. The molecule has 1 atom stereocenters. The topological polar surface area (TPSA) is 273 Å². The van der Waals surface area contributed by atoms with E-state index in [0.29, 0.717) is 23.1 Å². The number of hydrogen-bond acceptors (Lipinski definition) is 15. The molecule has 17 heteroatoms. The Bertz CT molecular complexity index is 1390. The van der Waals surface area contributed by atoms with Crippen molar-refractivity contribution in [3.05, 3.63) is 64.7 Å². The Hall–Kier alpha value is -3.59. The largest absolute Gasteiger partial charge is 0.381 e. The number of ether oxygens (including phenoxy) is 1. The molecule has 1 unspecified atom stereocenters. The fourth-order valence-electron chi connectivity index (χ4n) is 4.97. The second kappa shape index (κ2) is 11.2. The highest BCUT2D eigenvalue weighted by atomic mass is 16.9. The van der Waals surface area contributed by atoms with Gasteiger partial charge in [-0.25, -0.2) is 0 Å². The standard InChI is InChI=1S/C26H32N4O13/c1-27-21(33)22(34,9-4-10-31)29-14-18-17(20(29)32)7-3-8-19(18)28-12-15-5-2-6-16(11-15)13-30-23(35,36)25(39,40)43-26(41,42)24(30,37)38/h2-3,5-8,10-11,28,34-42H,4,9,12-14H2,1H3,(H,27,33). The molecule has 234 valence electrons. The quantitative estimate of drug-likeness (QED) is 0.0907. The van der Waals surface area contributed by atoms with E-state index in [0.717, 1.165) is 4.90 Å². The minimum Gasteiger partial charge on any atom is -0.381 e. The number of likely N-dealkylation sites (N-methyl/N-ethyl adjacent to an activating group) is 1. The lowest BCUT2D eigenvalue weighted by Crippen LogP contribution is -2.83. The van der Waals surface area contributed by atoms with Crippen LogP contribution in [0.2, 0.25) is 0 Å². The fraction of sp³-hybridized carbons (Fsp3) is 0.423. The van der Waals surface area contributed by atoms with Crippen molar-refractivity contribution in [3.8, 4) is 0 Å². The molecule has 2 aliphatic heterocycles. The van der Waals surface area contributed by atoms with Crippen LogP contribution in [0.1, 0.15) is 39.9 Å². The van der Waals surface area contributed by atoms with Gasteiger partial charge in [-0.1, -0.05) is 30.3 Å². The van der Waals surface area contributed by atoms with Crippen molar-refractivity contribution in [2.24, 2.45) is 0 Å². The van der Waals surface area contributed by atoms with Crippen molar-refractivity contribution >= 4 is 23.8 Å². The maximum atomic E-state index is 13.2. The number of nitrogens with one attached hydrogen (secondary N) is 2. The first-order chi connectivity index (χ1) is 19.9. The Labute approximate surface area is 243 Å². The summed E-state index contributed by atoms with van der Waals surface area (Å²) >= 11 is 0. The maximum absolute atomic E-state index is 13.2. The fourth-order valence-corrected chi connectivity index (χ4v) is 4.97. The average Bonchev–Trinajstić information content (AvgIpc) is 3.29. The number of aldehydes is 1. The minimum atomic E-state index is -4.07.